The Hall–Kier alpha value is -0.580. The molecule has 4 heteroatoms. The normalized spacial score (nSPS) is 19.3. The number of benzene rings is 1. The molecule has 0 aliphatic carbocycles. The fourth-order valence-electron chi connectivity index (χ4n) is 2.34. The first-order chi connectivity index (χ1) is 9.11. The van der Waals surface area contributed by atoms with Crippen molar-refractivity contribution in [2.45, 2.75) is 25.3 Å². The Kier molecular flexibility index (Phi) is 5.25. The second-order valence-corrected chi connectivity index (χ2v) is 6.37. The first-order valence-corrected chi connectivity index (χ1v) is 7.70. The molecule has 1 fully saturated rings. The van der Waals surface area contributed by atoms with Crippen LogP contribution in [0.5, 0.6) is 5.75 Å². The second-order valence-electron chi connectivity index (χ2n) is 5.45. The molecule has 1 heterocycles. The van der Waals surface area contributed by atoms with Crippen LogP contribution in [0.25, 0.3) is 0 Å². The predicted molar refractivity (Wildman–Crippen MR) is 82.8 cm³/mol. The van der Waals surface area contributed by atoms with Gasteiger partial charge >= 0.3 is 0 Å². The molecule has 1 N–H and O–H groups in total. The smallest absolute Gasteiger partial charge is 0.119 e. The number of halogens is 1. The zero-order valence-electron chi connectivity index (χ0n) is 11.8. The van der Waals surface area contributed by atoms with E-state index in [2.05, 4.69) is 40.1 Å². The summed E-state index contributed by atoms with van der Waals surface area (Å²) in [4.78, 5) is 2.48. The van der Waals surface area contributed by atoms with Gasteiger partial charge in [0.15, 0.2) is 0 Å². The third-order valence-electron chi connectivity index (χ3n) is 4.05. The summed E-state index contributed by atoms with van der Waals surface area (Å²) in [5.74, 6) is 0.945. The molecule has 0 radical (unpaired) electrons. The van der Waals surface area contributed by atoms with Gasteiger partial charge in [-0.3, -0.25) is 4.90 Å². The zero-order chi connectivity index (χ0) is 13.7. The SMILES string of the molecule is CNC1(C)CCN(CCOc2ccc(Br)cc2)CC1. The second kappa shape index (κ2) is 6.73. The molecule has 106 valence electrons. The van der Waals surface area contributed by atoms with Crippen LogP contribution in [0.1, 0.15) is 19.8 Å². The lowest BCUT2D eigenvalue weighted by Crippen LogP contribution is -2.50. The van der Waals surface area contributed by atoms with Gasteiger partial charge in [-0.05, 0) is 51.1 Å². The van der Waals surface area contributed by atoms with E-state index in [0.717, 1.165) is 36.5 Å². The van der Waals surface area contributed by atoms with Gasteiger partial charge < -0.3 is 10.1 Å². The summed E-state index contributed by atoms with van der Waals surface area (Å²) >= 11 is 3.42. The van der Waals surface area contributed by atoms with Crippen LogP contribution in [0.2, 0.25) is 0 Å². The van der Waals surface area contributed by atoms with E-state index < -0.39 is 0 Å². The Morgan fingerprint density at radius 3 is 2.47 bits per heavy atom. The van der Waals surface area contributed by atoms with Crippen molar-refractivity contribution in [3.63, 3.8) is 0 Å². The summed E-state index contributed by atoms with van der Waals surface area (Å²) in [6, 6.07) is 8.01. The summed E-state index contributed by atoms with van der Waals surface area (Å²) in [5, 5.41) is 3.43. The molecule has 0 unspecified atom stereocenters. The van der Waals surface area contributed by atoms with Crippen LogP contribution in [0.15, 0.2) is 28.7 Å². The maximum Gasteiger partial charge on any atom is 0.119 e. The molecule has 19 heavy (non-hydrogen) atoms. The zero-order valence-corrected chi connectivity index (χ0v) is 13.4. The Bertz CT molecular complexity index is 386. The molecule has 0 bridgehead atoms. The summed E-state index contributed by atoms with van der Waals surface area (Å²) in [5.41, 5.74) is 0.322. The van der Waals surface area contributed by atoms with Gasteiger partial charge in [0.1, 0.15) is 12.4 Å². The van der Waals surface area contributed by atoms with E-state index in [9.17, 15) is 0 Å². The Morgan fingerprint density at radius 1 is 1.26 bits per heavy atom. The van der Waals surface area contributed by atoms with Crippen LogP contribution in [0, 0.1) is 0 Å². The van der Waals surface area contributed by atoms with Crippen LogP contribution >= 0.6 is 15.9 Å². The van der Waals surface area contributed by atoms with Gasteiger partial charge in [0.05, 0.1) is 0 Å². The van der Waals surface area contributed by atoms with Crippen molar-refractivity contribution in [3.8, 4) is 5.75 Å². The number of nitrogens with zero attached hydrogens (tertiary/aromatic N) is 1. The molecule has 3 nitrogen and oxygen atoms in total. The minimum Gasteiger partial charge on any atom is -0.492 e. The highest BCUT2D eigenvalue weighted by atomic mass is 79.9. The maximum absolute atomic E-state index is 5.76. The van der Waals surface area contributed by atoms with Crippen LogP contribution in [0.3, 0.4) is 0 Å². The molecule has 1 aromatic rings. The molecule has 1 aromatic carbocycles. The van der Waals surface area contributed by atoms with Crippen LogP contribution < -0.4 is 10.1 Å². The lowest BCUT2D eigenvalue weighted by molar-refractivity contribution is 0.132. The van der Waals surface area contributed by atoms with Crippen molar-refractivity contribution in [2.24, 2.45) is 0 Å². The molecule has 0 saturated carbocycles. The lowest BCUT2D eigenvalue weighted by atomic mass is 9.90. The van der Waals surface area contributed by atoms with Gasteiger partial charge in [-0.2, -0.15) is 0 Å². The first kappa shape index (κ1) is 14.8. The molecule has 0 atom stereocenters. The molecular formula is C15H23BrN2O. The number of likely N-dealkylation sites (tertiary alicyclic amines) is 1. The molecule has 0 amide bonds. The third kappa shape index (κ3) is 4.48. The van der Waals surface area contributed by atoms with Crippen LogP contribution in [-0.4, -0.2) is 43.7 Å². The highest BCUT2D eigenvalue weighted by Gasteiger charge is 2.27. The van der Waals surface area contributed by atoms with E-state index >= 15 is 0 Å². The lowest BCUT2D eigenvalue weighted by Gasteiger charge is -2.39. The number of rotatable bonds is 5. The number of hydrogen-bond acceptors (Lipinski definition) is 3. The van der Waals surface area contributed by atoms with Crippen molar-refractivity contribution in [3.05, 3.63) is 28.7 Å². The summed E-state index contributed by atoms with van der Waals surface area (Å²) in [7, 11) is 2.06. The van der Waals surface area contributed by atoms with Crippen molar-refractivity contribution in [2.75, 3.05) is 33.3 Å². The molecule has 0 aromatic heterocycles. The molecule has 0 spiro atoms. The van der Waals surface area contributed by atoms with E-state index in [1.165, 1.54) is 12.8 Å². The van der Waals surface area contributed by atoms with Crippen molar-refractivity contribution in [1.82, 2.24) is 10.2 Å². The monoisotopic (exact) mass is 326 g/mol. The fourth-order valence-corrected chi connectivity index (χ4v) is 2.61. The van der Waals surface area contributed by atoms with E-state index in [1.807, 2.05) is 24.3 Å². The standard InChI is InChI=1S/C15H23BrN2O/c1-15(17-2)7-9-18(10-8-15)11-12-19-14-5-3-13(16)4-6-14/h3-6,17H,7-12H2,1-2H3. The Morgan fingerprint density at radius 2 is 1.89 bits per heavy atom. The minimum absolute atomic E-state index is 0.322. The van der Waals surface area contributed by atoms with Gasteiger partial charge in [-0.1, -0.05) is 15.9 Å². The third-order valence-corrected chi connectivity index (χ3v) is 4.58. The number of piperidine rings is 1. The largest absolute Gasteiger partial charge is 0.492 e. The highest BCUT2D eigenvalue weighted by Crippen LogP contribution is 2.21. The van der Waals surface area contributed by atoms with Crippen molar-refractivity contribution >= 4 is 15.9 Å². The number of nitrogens with one attached hydrogen (secondary N) is 1. The predicted octanol–water partition coefficient (Wildman–Crippen LogP) is 2.90. The van der Waals surface area contributed by atoms with Gasteiger partial charge in [0.25, 0.3) is 0 Å². The van der Waals surface area contributed by atoms with Gasteiger partial charge in [-0.25, -0.2) is 0 Å². The van der Waals surface area contributed by atoms with Gasteiger partial charge in [0.2, 0.25) is 0 Å². The number of hydrogen-bond donors (Lipinski definition) is 1. The topological polar surface area (TPSA) is 24.5 Å². The highest BCUT2D eigenvalue weighted by molar-refractivity contribution is 9.10. The fraction of sp³-hybridized carbons (Fsp3) is 0.600. The van der Waals surface area contributed by atoms with Crippen molar-refractivity contribution < 1.29 is 4.74 Å². The van der Waals surface area contributed by atoms with E-state index in [-0.39, 0.29) is 0 Å². The van der Waals surface area contributed by atoms with E-state index in [4.69, 9.17) is 4.74 Å². The van der Waals surface area contributed by atoms with Gasteiger partial charge in [-0.15, -0.1) is 0 Å². The summed E-state index contributed by atoms with van der Waals surface area (Å²) < 4.78 is 6.85. The average molecular weight is 327 g/mol. The first-order valence-electron chi connectivity index (χ1n) is 6.91. The summed E-state index contributed by atoms with van der Waals surface area (Å²) in [6.07, 6.45) is 2.42. The molecular weight excluding hydrogens is 304 g/mol. The minimum atomic E-state index is 0.322. The average Bonchev–Trinajstić information content (AvgIpc) is 2.43. The van der Waals surface area contributed by atoms with Crippen molar-refractivity contribution in [1.29, 1.82) is 0 Å². The molecule has 1 saturated heterocycles. The Balaban J connectivity index is 1.68. The van der Waals surface area contributed by atoms with Crippen LogP contribution in [0.4, 0.5) is 0 Å². The summed E-state index contributed by atoms with van der Waals surface area (Å²) in [6.45, 7) is 6.39. The quantitative estimate of drug-likeness (QED) is 0.900. The maximum atomic E-state index is 5.76. The molecule has 2 rings (SSSR count). The molecule has 1 aliphatic rings. The number of ether oxygens (including phenoxy) is 1. The van der Waals surface area contributed by atoms with E-state index in [0.29, 0.717) is 5.54 Å². The molecule has 1 aliphatic heterocycles. The van der Waals surface area contributed by atoms with Crippen LogP contribution in [-0.2, 0) is 0 Å². The van der Waals surface area contributed by atoms with E-state index in [1.54, 1.807) is 0 Å². The van der Waals surface area contributed by atoms with Gasteiger partial charge in [0, 0.05) is 29.6 Å². The Labute approximate surface area is 124 Å².